The molecular weight excluding hydrogens is 284 g/mol. The highest BCUT2D eigenvalue weighted by Crippen LogP contribution is 2.08. The zero-order valence-electron chi connectivity index (χ0n) is 9.83. The van der Waals surface area contributed by atoms with Crippen molar-refractivity contribution < 1.29 is 8.42 Å². The lowest BCUT2D eigenvalue weighted by Crippen LogP contribution is -2.22. The molecule has 2 rings (SSSR count). The second-order valence-electron chi connectivity index (χ2n) is 3.82. The quantitative estimate of drug-likeness (QED) is 0.698. The molecule has 0 spiro atoms. The Hall–Kier alpha value is -1.77. The van der Waals surface area contributed by atoms with E-state index in [9.17, 15) is 8.42 Å². The van der Waals surface area contributed by atoms with E-state index in [-0.39, 0.29) is 11.4 Å². The number of rotatable bonds is 5. The zero-order valence-corrected chi connectivity index (χ0v) is 11.5. The fourth-order valence-corrected chi connectivity index (χ4v) is 2.49. The second kappa shape index (κ2) is 5.47. The number of nitrogens with one attached hydrogen (secondary N) is 2. The number of H-pyrrole nitrogens is 1. The maximum Gasteiger partial charge on any atom is 0.243 e. The van der Waals surface area contributed by atoms with Crippen LogP contribution in [0.2, 0.25) is 0 Å². The Kier molecular flexibility index (Phi) is 3.93. The summed E-state index contributed by atoms with van der Waals surface area (Å²) in [6.45, 7) is 0.186. The van der Waals surface area contributed by atoms with Gasteiger partial charge in [0.15, 0.2) is 0 Å². The van der Waals surface area contributed by atoms with E-state index in [1.54, 1.807) is 24.3 Å². The van der Waals surface area contributed by atoms with E-state index in [2.05, 4.69) is 14.9 Å². The smallest absolute Gasteiger partial charge is 0.243 e. The maximum atomic E-state index is 11.8. The molecule has 0 saturated carbocycles. The molecule has 0 aliphatic heterocycles. The SMILES string of the molecule is NC(=S)c1ccc(CNS(=O)(=O)c2cn[nH]c2)cc1. The highest BCUT2D eigenvalue weighted by atomic mass is 32.2. The molecule has 8 heteroatoms. The Morgan fingerprint density at radius 1 is 1.37 bits per heavy atom. The standard InChI is InChI=1S/C11H12N4O2S2/c12-11(18)9-3-1-8(2-4-9)5-15-19(16,17)10-6-13-14-7-10/h1-4,6-7,15H,5H2,(H2,12,18)(H,13,14). The van der Waals surface area contributed by atoms with Crippen LogP contribution in [-0.2, 0) is 16.6 Å². The van der Waals surface area contributed by atoms with Gasteiger partial charge >= 0.3 is 0 Å². The van der Waals surface area contributed by atoms with Crippen molar-refractivity contribution in [3.05, 3.63) is 47.8 Å². The normalized spacial score (nSPS) is 11.4. The van der Waals surface area contributed by atoms with Crippen LogP contribution in [0.4, 0.5) is 0 Å². The summed E-state index contributed by atoms with van der Waals surface area (Å²) < 4.78 is 26.1. The van der Waals surface area contributed by atoms with Crippen LogP contribution in [0.5, 0.6) is 0 Å². The molecule has 0 bridgehead atoms. The van der Waals surface area contributed by atoms with Gasteiger partial charge in [-0.15, -0.1) is 0 Å². The summed E-state index contributed by atoms with van der Waals surface area (Å²) in [6.07, 6.45) is 2.57. The van der Waals surface area contributed by atoms with Crippen molar-refractivity contribution >= 4 is 27.2 Å². The minimum Gasteiger partial charge on any atom is -0.389 e. The lowest BCUT2D eigenvalue weighted by molar-refractivity contribution is 0.581. The van der Waals surface area contributed by atoms with Gasteiger partial charge in [-0.05, 0) is 5.56 Å². The monoisotopic (exact) mass is 296 g/mol. The first-order valence-electron chi connectivity index (χ1n) is 5.36. The Balaban J connectivity index is 2.05. The van der Waals surface area contributed by atoms with Crippen LogP contribution in [0.25, 0.3) is 0 Å². The number of hydrogen-bond acceptors (Lipinski definition) is 4. The number of thiocarbonyl (C=S) groups is 1. The fourth-order valence-electron chi connectivity index (χ4n) is 1.43. The van der Waals surface area contributed by atoms with Crippen LogP contribution in [-0.4, -0.2) is 23.6 Å². The Morgan fingerprint density at radius 3 is 2.58 bits per heavy atom. The minimum atomic E-state index is -3.54. The number of hydrogen-bond donors (Lipinski definition) is 3. The molecule has 0 radical (unpaired) electrons. The second-order valence-corrected chi connectivity index (χ2v) is 6.03. The summed E-state index contributed by atoms with van der Waals surface area (Å²) in [7, 11) is -3.54. The van der Waals surface area contributed by atoms with Crippen LogP contribution < -0.4 is 10.5 Å². The first-order chi connectivity index (χ1) is 8.99. The molecular formula is C11H12N4O2S2. The van der Waals surface area contributed by atoms with E-state index in [0.29, 0.717) is 4.99 Å². The number of nitrogens with zero attached hydrogens (tertiary/aromatic N) is 1. The van der Waals surface area contributed by atoms with E-state index in [4.69, 9.17) is 18.0 Å². The Bertz CT molecular complexity index is 663. The lowest BCUT2D eigenvalue weighted by atomic mass is 10.1. The lowest BCUT2D eigenvalue weighted by Gasteiger charge is -2.05. The first kappa shape index (κ1) is 13.7. The van der Waals surface area contributed by atoms with Crippen molar-refractivity contribution in [1.29, 1.82) is 0 Å². The molecule has 19 heavy (non-hydrogen) atoms. The number of sulfonamides is 1. The highest BCUT2D eigenvalue weighted by molar-refractivity contribution is 7.89. The third-order valence-corrected chi connectivity index (χ3v) is 4.09. The molecule has 0 aliphatic rings. The molecule has 0 amide bonds. The van der Waals surface area contributed by atoms with Crippen LogP contribution in [0.3, 0.4) is 0 Å². The van der Waals surface area contributed by atoms with Gasteiger partial charge in [0.05, 0.1) is 6.20 Å². The summed E-state index contributed by atoms with van der Waals surface area (Å²) in [4.78, 5) is 0.415. The molecule has 0 atom stereocenters. The van der Waals surface area contributed by atoms with Crippen molar-refractivity contribution in [2.75, 3.05) is 0 Å². The van der Waals surface area contributed by atoms with Gasteiger partial charge in [0.25, 0.3) is 0 Å². The number of aromatic nitrogens is 2. The predicted molar refractivity (Wildman–Crippen MR) is 74.9 cm³/mol. The van der Waals surface area contributed by atoms with Crippen molar-refractivity contribution in [2.24, 2.45) is 5.73 Å². The molecule has 1 aromatic heterocycles. The summed E-state index contributed by atoms with van der Waals surface area (Å²) in [5.41, 5.74) is 7.04. The van der Waals surface area contributed by atoms with Gasteiger partial charge < -0.3 is 5.73 Å². The summed E-state index contributed by atoms with van der Waals surface area (Å²) in [5.74, 6) is 0. The van der Waals surface area contributed by atoms with E-state index in [1.807, 2.05) is 0 Å². The largest absolute Gasteiger partial charge is 0.389 e. The van der Waals surface area contributed by atoms with Crippen LogP contribution in [0, 0.1) is 0 Å². The minimum absolute atomic E-state index is 0.104. The third kappa shape index (κ3) is 3.37. The summed E-state index contributed by atoms with van der Waals surface area (Å²) in [5, 5.41) is 6.06. The average Bonchev–Trinajstić information content (AvgIpc) is 2.91. The van der Waals surface area contributed by atoms with E-state index < -0.39 is 10.0 Å². The molecule has 2 aromatic rings. The molecule has 0 fully saturated rings. The van der Waals surface area contributed by atoms with Crippen LogP contribution >= 0.6 is 12.2 Å². The third-order valence-electron chi connectivity index (χ3n) is 2.49. The van der Waals surface area contributed by atoms with Crippen LogP contribution in [0.1, 0.15) is 11.1 Å². The average molecular weight is 296 g/mol. The van der Waals surface area contributed by atoms with Crippen molar-refractivity contribution in [3.8, 4) is 0 Å². The van der Waals surface area contributed by atoms with Gasteiger partial charge in [0.1, 0.15) is 9.88 Å². The van der Waals surface area contributed by atoms with E-state index in [1.165, 1.54) is 12.4 Å². The van der Waals surface area contributed by atoms with Gasteiger partial charge in [-0.25, -0.2) is 13.1 Å². The van der Waals surface area contributed by atoms with Crippen LogP contribution in [0.15, 0.2) is 41.6 Å². The molecule has 0 unspecified atom stereocenters. The molecule has 0 aliphatic carbocycles. The maximum absolute atomic E-state index is 11.8. The number of benzene rings is 1. The number of aromatic amines is 1. The van der Waals surface area contributed by atoms with E-state index >= 15 is 0 Å². The van der Waals surface area contributed by atoms with Gasteiger partial charge in [-0.3, -0.25) is 5.10 Å². The van der Waals surface area contributed by atoms with Gasteiger partial charge in [-0.1, -0.05) is 36.5 Å². The summed E-state index contributed by atoms with van der Waals surface area (Å²) in [6, 6.07) is 7.05. The molecule has 4 N–H and O–H groups in total. The molecule has 1 aromatic carbocycles. The van der Waals surface area contributed by atoms with E-state index in [0.717, 1.165) is 11.1 Å². The molecule has 6 nitrogen and oxygen atoms in total. The molecule has 1 heterocycles. The Labute approximate surface area is 116 Å². The predicted octanol–water partition coefficient (Wildman–Crippen LogP) is 0.522. The zero-order chi connectivity index (χ0) is 13.9. The van der Waals surface area contributed by atoms with Crippen molar-refractivity contribution in [3.63, 3.8) is 0 Å². The van der Waals surface area contributed by atoms with Gasteiger partial charge in [0.2, 0.25) is 10.0 Å². The van der Waals surface area contributed by atoms with Crippen molar-refractivity contribution in [2.45, 2.75) is 11.4 Å². The summed E-state index contributed by atoms with van der Waals surface area (Å²) >= 11 is 4.84. The Morgan fingerprint density at radius 2 is 2.05 bits per heavy atom. The topological polar surface area (TPSA) is 101 Å². The fraction of sp³-hybridized carbons (Fsp3) is 0.0909. The first-order valence-corrected chi connectivity index (χ1v) is 7.25. The van der Waals surface area contributed by atoms with Crippen molar-refractivity contribution in [1.82, 2.24) is 14.9 Å². The molecule has 0 saturated heterocycles. The van der Waals surface area contributed by atoms with Gasteiger partial charge in [-0.2, -0.15) is 5.10 Å². The van der Waals surface area contributed by atoms with Gasteiger partial charge in [0, 0.05) is 18.3 Å². The number of nitrogens with two attached hydrogens (primary N) is 1. The molecule has 100 valence electrons. The highest BCUT2D eigenvalue weighted by Gasteiger charge is 2.14.